The summed E-state index contributed by atoms with van der Waals surface area (Å²) in [6.07, 6.45) is 3.03. The monoisotopic (exact) mass is 721 g/mol. The van der Waals surface area contributed by atoms with Gasteiger partial charge in [-0.15, -0.1) is 0 Å². The molecule has 1 aromatic carbocycles. The van der Waals surface area contributed by atoms with Crippen LogP contribution >= 0.6 is 23.2 Å². The van der Waals surface area contributed by atoms with Gasteiger partial charge in [0, 0.05) is 43.0 Å². The molecule has 0 aliphatic carbocycles. The van der Waals surface area contributed by atoms with E-state index in [4.69, 9.17) is 28.9 Å². The van der Waals surface area contributed by atoms with E-state index in [0.29, 0.717) is 24.9 Å². The number of halogens is 2. The van der Waals surface area contributed by atoms with E-state index in [-0.39, 0.29) is 51.7 Å². The Morgan fingerprint density at radius 2 is 1.81 bits per heavy atom. The average Bonchev–Trinajstić information content (AvgIpc) is 3.53. The van der Waals surface area contributed by atoms with Crippen molar-refractivity contribution in [3.05, 3.63) is 58.3 Å². The minimum Gasteiger partial charge on any atom is -0.341 e. The molecule has 3 N–H and O–H groups in total. The third-order valence-electron chi connectivity index (χ3n) is 9.25. The minimum absolute atomic E-state index is 0.0619. The maximum Gasteiger partial charge on any atom is 0.248 e. The van der Waals surface area contributed by atoms with Gasteiger partial charge in [-0.25, -0.2) is 8.42 Å². The molecule has 3 saturated heterocycles. The minimum atomic E-state index is -4.43. The highest BCUT2D eigenvalue weighted by molar-refractivity contribution is 7.89. The first-order chi connectivity index (χ1) is 22.6. The maximum absolute atomic E-state index is 14.4. The topological polar surface area (TPSA) is 166 Å². The fourth-order valence-corrected chi connectivity index (χ4v) is 8.91. The number of rotatable bonds is 9. The zero-order valence-corrected chi connectivity index (χ0v) is 29.6. The van der Waals surface area contributed by atoms with E-state index in [9.17, 15) is 27.6 Å². The second-order valence-corrected chi connectivity index (χ2v) is 15.8. The van der Waals surface area contributed by atoms with E-state index >= 15 is 0 Å². The number of carbonyl (C=O) groups is 4. The van der Waals surface area contributed by atoms with Gasteiger partial charge in [0.15, 0.2) is 0 Å². The Hall–Kier alpha value is -3.30. The van der Waals surface area contributed by atoms with Crippen LogP contribution in [0.1, 0.15) is 46.1 Å². The molecule has 0 radical (unpaired) electrons. The van der Waals surface area contributed by atoms with E-state index in [1.165, 1.54) is 28.0 Å². The van der Waals surface area contributed by atoms with Gasteiger partial charge in [-0.3, -0.25) is 24.2 Å². The summed E-state index contributed by atoms with van der Waals surface area (Å²) < 4.78 is 30.0. The van der Waals surface area contributed by atoms with Crippen molar-refractivity contribution >= 4 is 56.9 Å². The Labute approximate surface area is 290 Å². The number of likely N-dealkylation sites (tertiary alicyclic amines) is 1. The fraction of sp³-hybridized carbons (Fsp3) is 0.531. The lowest BCUT2D eigenvalue weighted by Crippen LogP contribution is -2.76. The van der Waals surface area contributed by atoms with Crippen LogP contribution in [-0.2, 0) is 35.6 Å². The first-order valence-electron chi connectivity index (χ1n) is 16.0. The van der Waals surface area contributed by atoms with Crippen LogP contribution in [0.5, 0.6) is 0 Å². The lowest BCUT2D eigenvalue weighted by Gasteiger charge is -2.54. The standard InChI is InChI=1S/C32H41Cl2N7O6S/c1-18(2)28(35)32(45)38-12-6-8-24(38)29(42)37-23-16-40(48(46,47)26-10-9-21(33)14-22(26)34)27-17-39(19(3)4)31(44)25(41(27)30(23)43)13-20-7-5-11-36-15-20/h5,7,9-11,14-15,18-19,23-25,27-28H,6,8,12-13,16-17,35H2,1-4H3,(H,37,42). The van der Waals surface area contributed by atoms with Crippen molar-refractivity contribution < 1.29 is 27.6 Å². The number of hydrogen-bond donors (Lipinski definition) is 2. The number of sulfonamides is 1. The number of benzene rings is 1. The van der Waals surface area contributed by atoms with Gasteiger partial charge in [0.05, 0.1) is 17.6 Å². The maximum atomic E-state index is 14.4. The van der Waals surface area contributed by atoms with Gasteiger partial charge in [-0.1, -0.05) is 43.1 Å². The molecule has 4 amide bonds. The highest BCUT2D eigenvalue weighted by Gasteiger charge is 2.55. The zero-order chi connectivity index (χ0) is 35.1. The summed E-state index contributed by atoms with van der Waals surface area (Å²) in [6, 6.07) is 2.99. The molecule has 1 aromatic heterocycles. The summed E-state index contributed by atoms with van der Waals surface area (Å²) in [5.74, 6) is -2.10. The number of fused-ring (bicyclic) bond motifs is 1. The quantitative estimate of drug-likeness (QED) is 0.396. The van der Waals surface area contributed by atoms with Crippen LogP contribution in [0.15, 0.2) is 47.6 Å². The molecule has 5 unspecified atom stereocenters. The second kappa shape index (κ2) is 14.3. The van der Waals surface area contributed by atoms with E-state index < -0.39 is 58.7 Å². The van der Waals surface area contributed by atoms with Gasteiger partial charge < -0.3 is 25.8 Å². The highest BCUT2D eigenvalue weighted by Crippen LogP contribution is 2.35. The number of aromatic nitrogens is 1. The molecule has 5 atom stereocenters. The van der Waals surface area contributed by atoms with E-state index in [1.807, 2.05) is 27.7 Å². The summed E-state index contributed by atoms with van der Waals surface area (Å²) in [5, 5.41) is 2.86. The number of amides is 4. The van der Waals surface area contributed by atoms with Gasteiger partial charge in [0.1, 0.15) is 29.2 Å². The van der Waals surface area contributed by atoms with Crippen LogP contribution in [0, 0.1) is 5.92 Å². The van der Waals surface area contributed by atoms with Crippen molar-refractivity contribution in [3.63, 3.8) is 0 Å². The van der Waals surface area contributed by atoms with Crippen LogP contribution in [-0.4, -0.2) is 112 Å². The normalized spacial score (nSPS) is 24.3. The van der Waals surface area contributed by atoms with E-state index in [1.54, 1.807) is 29.4 Å². The molecule has 260 valence electrons. The number of nitrogens with one attached hydrogen (secondary N) is 1. The van der Waals surface area contributed by atoms with Gasteiger partial charge in [-0.2, -0.15) is 4.31 Å². The van der Waals surface area contributed by atoms with Crippen LogP contribution in [0.2, 0.25) is 10.0 Å². The summed E-state index contributed by atoms with van der Waals surface area (Å²) in [7, 11) is -4.43. The van der Waals surface area contributed by atoms with Crippen LogP contribution in [0.25, 0.3) is 0 Å². The van der Waals surface area contributed by atoms with E-state index in [0.717, 1.165) is 4.31 Å². The average molecular weight is 723 g/mol. The van der Waals surface area contributed by atoms with Gasteiger partial charge >= 0.3 is 0 Å². The number of pyridine rings is 1. The molecule has 0 spiro atoms. The molecule has 5 rings (SSSR count). The smallest absolute Gasteiger partial charge is 0.248 e. The summed E-state index contributed by atoms with van der Waals surface area (Å²) in [4.78, 5) is 63.6. The number of hydrogen-bond acceptors (Lipinski definition) is 8. The van der Waals surface area contributed by atoms with Crippen molar-refractivity contribution in [2.24, 2.45) is 11.7 Å². The summed E-state index contributed by atoms with van der Waals surface area (Å²) >= 11 is 12.5. The predicted octanol–water partition coefficient (Wildman–Crippen LogP) is 1.87. The molecule has 48 heavy (non-hydrogen) atoms. The Morgan fingerprint density at radius 3 is 2.44 bits per heavy atom. The number of nitrogens with two attached hydrogens (primary N) is 1. The van der Waals surface area contributed by atoms with Gasteiger partial charge in [0.25, 0.3) is 0 Å². The lowest BCUT2D eigenvalue weighted by molar-refractivity contribution is -0.169. The molecule has 0 saturated carbocycles. The zero-order valence-electron chi connectivity index (χ0n) is 27.3. The Morgan fingerprint density at radius 1 is 1.08 bits per heavy atom. The molecule has 3 aliphatic rings. The number of carbonyl (C=O) groups excluding carboxylic acids is 4. The Balaban J connectivity index is 1.55. The molecular formula is C32H41Cl2N7O6S. The van der Waals surface area contributed by atoms with Crippen LogP contribution in [0.3, 0.4) is 0 Å². The molecule has 4 heterocycles. The molecule has 2 aromatic rings. The first kappa shape index (κ1) is 36.0. The SMILES string of the molecule is CC(C)C(N)C(=O)N1CCCC1C(=O)NC1CN(S(=O)(=O)c2ccc(Cl)cc2Cl)C2CN(C(C)C)C(=O)C(Cc3cccnc3)N2C1=O. The number of nitrogens with zero attached hydrogens (tertiary/aromatic N) is 5. The van der Waals surface area contributed by atoms with Crippen molar-refractivity contribution in [2.75, 3.05) is 19.6 Å². The van der Waals surface area contributed by atoms with Crippen molar-refractivity contribution in [2.45, 2.75) is 88.2 Å². The van der Waals surface area contributed by atoms with Gasteiger partial charge in [-0.05, 0) is 62.4 Å². The number of piperazine rings is 1. The molecule has 16 heteroatoms. The Bertz CT molecular complexity index is 1680. The second-order valence-electron chi connectivity index (χ2n) is 13.1. The molecule has 3 fully saturated rings. The first-order valence-corrected chi connectivity index (χ1v) is 18.2. The predicted molar refractivity (Wildman–Crippen MR) is 179 cm³/mol. The lowest BCUT2D eigenvalue weighted by atomic mass is 9.97. The third-order valence-corrected chi connectivity index (χ3v) is 11.8. The fourth-order valence-electron chi connectivity index (χ4n) is 6.58. The molecular weight excluding hydrogens is 681 g/mol. The summed E-state index contributed by atoms with van der Waals surface area (Å²) in [6.45, 7) is 7.05. The molecule has 0 bridgehead atoms. The van der Waals surface area contributed by atoms with Crippen LogP contribution in [0.4, 0.5) is 0 Å². The van der Waals surface area contributed by atoms with Crippen molar-refractivity contribution in [1.29, 1.82) is 0 Å². The highest BCUT2D eigenvalue weighted by atomic mass is 35.5. The van der Waals surface area contributed by atoms with E-state index in [2.05, 4.69) is 10.3 Å². The van der Waals surface area contributed by atoms with Crippen molar-refractivity contribution in [3.8, 4) is 0 Å². The van der Waals surface area contributed by atoms with Crippen molar-refractivity contribution in [1.82, 2.24) is 29.3 Å². The molecule has 3 aliphatic heterocycles. The van der Waals surface area contributed by atoms with Crippen LogP contribution < -0.4 is 11.1 Å². The Kier molecular flexibility index (Phi) is 10.7. The third kappa shape index (κ3) is 6.90. The van der Waals surface area contributed by atoms with Gasteiger partial charge in [0.2, 0.25) is 33.7 Å². The molecule has 13 nitrogen and oxygen atoms in total. The summed E-state index contributed by atoms with van der Waals surface area (Å²) in [5.41, 5.74) is 6.79. The largest absolute Gasteiger partial charge is 0.341 e.